The van der Waals surface area contributed by atoms with Crippen LogP contribution >= 0.6 is 39.0 Å². The van der Waals surface area contributed by atoms with Crippen LogP contribution < -0.4 is 5.73 Å². The average molecular weight is 320 g/mol. The zero-order valence-electron chi connectivity index (χ0n) is 9.32. The minimum atomic E-state index is 0.316. The van der Waals surface area contributed by atoms with Crippen LogP contribution in [0.25, 0.3) is 0 Å². The van der Waals surface area contributed by atoms with Crippen molar-refractivity contribution in [2.75, 3.05) is 5.75 Å². The zero-order valence-corrected chi connectivity index (χ0v) is 12.5. The smallest absolute Gasteiger partial charge is 0.0701 e. The summed E-state index contributed by atoms with van der Waals surface area (Å²) in [6.45, 7) is 0. The van der Waals surface area contributed by atoms with Crippen LogP contribution in [0.4, 0.5) is 0 Å². The molecule has 0 bridgehead atoms. The maximum atomic E-state index is 6.16. The molecule has 1 saturated carbocycles. The summed E-state index contributed by atoms with van der Waals surface area (Å²) in [7, 11) is 0. The van der Waals surface area contributed by atoms with Gasteiger partial charge in [0.1, 0.15) is 0 Å². The predicted molar refractivity (Wildman–Crippen MR) is 78.4 cm³/mol. The van der Waals surface area contributed by atoms with Gasteiger partial charge in [0.15, 0.2) is 0 Å². The van der Waals surface area contributed by atoms with Crippen LogP contribution in [0.2, 0.25) is 0 Å². The molecule has 0 aromatic carbocycles. The highest BCUT2D eigenvalue weighted by Crippen LogP contribution is 2.30. The van der Waals surface area contributed by atoms with Crippen LogP contribution in [0.15, 0.2) is 15.9 Å². The largest absolute Gasteiger partial charge is 0.327 e. The molecule has 1 heterocycles. The van der Waals surface area contributed by atoms with Gasteiger partial charge < -0.3 is 5.73 Å². The van der Waals surface area contributed by atoms with Crippen molar-refractivity contribution in [3.05, 3.63) is 20.8 Å². The lowest BCUT2D eigenvalue weighted by Crippen LogP contribution is -2.26. The summed E-state index contributed by atoms with van der Waals surface area (Å²) in [5, 5.41) is 0.890. The van der Waals surface area contributed by atoms with Gasteiger partial charge in [0.25, 0.3) is 0 Å². The fourth-order valence-electron chi connectivity index (χ4n) is 2.09. The SMILES string of the molecule is NC(CSC1CCCC1)Cc1ccc(Br)s1. The molecule has 1 fully saturated rings. The Morgan fingerprint density at radius 2 is 2.19 bits per heavy atom. The molecule has 90 valence electrons. The van der Waals surface area contributed by atoms with E-state index in [2.05, 4.69) is 39.8 Å². The van der Waals surface area contributed by atoms with Gasteiger partial charge in [-0.05, 0) is 47.3 Å². The highest BCUT2D eigenvalue weighted by molar-refractivity contribution is 9.11. The molecule has 16 heavy (non-hydrogen) atoms. The fraction of sp³-hybridized carbons (Fsp3) is 0.667. The van der Waals surface area contributed by atoms with Gasteiger partial charge in [-0.1, -0.05) is 12.8 Å². The molecule has 0 saturated heterocycles. The van der Waals surface area contributed by atoms with Gasteiger partial charge in [0.05, 0.1) is 3.79 Å². The van der Waals surface area contributed by atoms with E-state index in [0.717, 1.165) is 17.4 Å². The minimum absolute atomic E-state index is 0.316. The van der Waals surface area contributed by atoms with E-state index >= 15 is 0 Å². The number of rotatable bonds is 5. The summed E-state index contributed by atoms with van der Waals surface area (Å²) >= 11 is 7.38. The molecule has 2 rings (SSSR count). The number of halogens is 1. The Morgan fingerprint density at radius 1 is 1.44 bits per heavy atom. The lowest BCUT2D eigenvalue weighted by Gasteiger charge is -2.13. The van der Waals surface area contributed by atoms with Gasteiger partial charge in [-0.25, -0.2) is 0 Å². The van der Waals surface area contributed by atoms with Crippen LogP contribution in [-0.2, 0) is 6.42 Å². The third-order valence-corrected chi connectivity index (χ3v) is 6.15. The van der Waals surface area contributed by atoms with E-state index in [4.69, 9.17) is 5.73 Å². The maximum Gasteiger partial charge on any atom is 0.0701 e. The van der Waals surface area contributed by atoms with Crippen LogP contribution in [-0.4, -0.2) is 17.0 Å². The fourth-order valence-corrected chi connectivity index (χ4v) is 4.97. The first-order valence-electron chi connectivity index (χ1n) is 5.85. The Hall–Kier alpha value is 0.490. The van der Waals surface area contributed by atoms with Gasteiger partial charge >= 0.3 is 0 Å². The molecule has 1 aliphatic rings. The van der Waals surface area contributed by atoms with Crippen molar-refractivity contribution in [2.24, 2.45) is 5.73 Å². The number of hydrogen-bond donors (Lipinski definition) is 1. The van der Waals surface area contributed by atoms with Gasteiger partial charge in [0, 0.05) is 21.9 Å². The molecule has 1 aromatic heterocycles. The van der Waals surface area contributed by atoms with E-state index in [1.807, 2.05) is 0 Å². The van der Waals surface area contributed by atoms with Crippen molar-refractivity contribution in [3.8, 4) is 0 Å². The second kappa shape index (κ2) is 6.43. The lowest BCUT2D eigenvalue weighted by molar-refractivity contribution is 0.753. The molecule has 0 spiro atoms. The Balaban J connectivity index is 1.69. The van der Waals surface area contributed by atoms with Crippen LogP contribution in [0.1, 0.15) is 30.6 Å². The van der Waals surface area contributed by atoms with Gasteiger partial charge in [-0.15, -0.1) is 11.3 Å². The minimum Gasteiger partial charge on any atom is -0.327 e. The Bertz CT molecular complexity index is 321. The topological polar surface area (TPSA) is 26.0 Å². The molecule has 0 radical (unpaired) electrons. The maximum absolute atomic E-state index is 6.16. The normalized spacial score (nSPS) is 19.1. The van der Waals surface area contributed by atoms with Crippen LogP contribution in [0.3, 0.4) is 0 Å². The molecule has 1 nitrogen and oxygen atoms in total. The summed E-state index contributed by atoms with van der Waals surface area (Å²) in [6, 6.07) is 4.60. The van der Waals surface area contributed by atoms with Crippen molar-refractivity contribution in [3.63, 3.8) is 0 Å². The van der Waals surface area contributed by atoms with E-state index in [1.165, 1.54) is 34.3 Å². The van der Waals surface area contributed by atoms with Crippen molar-refractivity contribution >= 4 is 39.0 Å². The highest BCUT2D eigenvalue weighted by Gasteiger charge is 2.16. The molecule has 4 heteroatoms. The van der Waals surface area contributed by atoms with Crippen molar-refractivity contribution in [2.45, 2.75) is 43.4 Å². The number of hydrogen-bond acceptors (Lipinski definition) is 3. The van der Waals surface area contributed by atoms with Gasteiger partial charge in [0.2, 0.25) is 0 Å². The third-order valence-electron chi connectivity index (χ3n) is 2.94. The monoisotopic (exact) mass is 319 g/mol. The number of thiophene rings is 1. The van der Waals surface area contributed by atoms with E-state index in [0.29, 0.717) is 6.04 Å². The second-order valence-electron chi connectivity index (χ2n) is 4.41. The van der Waals surface area contributed by atoms with Gasteiger partial charge in [-0.3, -0.25) is 0 Å². The first kappa shape index (κ1) is 12.9. The van der Waals surface area contributed by atoms with Crippen molar-refractivity contribution < 1.29 is 0 Å². The van der Waals surface area contributed by atoms with E-state index in [9.17, 15) is 0 Å². The molecule has 1 aliphatic carbocycles. The summed E-state index contributed by atoms with van der Waals surface area (Å²) in [5.41, 5.74) is 6.16. The molecule has 1 atom stereocenters. The quantitative estimate of drug-likeness (QED) is 0.885. The van der Waals surface area contributed by atoms with Gasteiger partial charge in [-0.2, -0.15) is 11.8 Å². The van der Waals surface area contributed by atoms with E-state index < -0.39 is 0 Å². The first-order chi connectivity index (χ1) is 7.74. The molecule has 1 aromatic rings. The van der Waals surface area contributed by atoms with Crippen molar-refractivity contribution in [1.82, 2.24) is 0 Å². The summed E-state index contributed by atoms with van der Waals surface area (Å²) in [6.07, 6.45) is 6.68. The molecule has 0 amide bonds. The second-order valence-corrected chi connectivity index (χ2v) is 8.29. The first-order valence-corrected chi connectivity index (χ1v) is 8.51. The predicted octanol–water partition coefficient (Wildman–Crippen LogP) is 4.06. The molecular formula is C12H18BrNS2. The van der Waals surface area contributed by atoms with Crippen LogP contribution in [0.5, 0.6) is 0 Å². The molecule has 2 N–H and O–H groups in total. The average Bonchev–Trinajstić information content (AvgIpc) is 2.87. The number of nitrogens with two attached hydrogens (primary N) is 1. The lowest BCUT2D eigenvalue weighted by atomic mass is 10.2. The Kier molecular flexibility index (Phi) is 5.20. The standard InChI is InChI=1S/C12H18BrNS2/c13-12-6-5-11(16-12)7-9(14)8-15-10-3-1-2-4-10/h5-6,9-10H,1-4,7-8,14H2. The molecular weight excluding hydrogens is 302 g/mol. The zero-order chi connectivity index (χ0) is 11.4. The van der Waals surface area contributed by atoms with E-state index in [-0.39, 0.29) is 0 Å². The Labute approximate surface area is 114 Å². The summed E-state index contributed by atoms with van der Waals surface area (Å²) < 4.78 is 1.21. The number of thioether (sulfide) groups is 1. The Morgan fingerprint density at radius 3 is 2.81 bits per heavy atom. The summed E-state index contributed by atoms with van der Waals surface area (Å²) in [4.78, 5) is 1.39. The third kappa shape index (κ3) is 4.06. The molecule has 0 aliphatic heterocycles. The molecule has 1 unspecified atom stereocenters. The summed E-state index contributed by atoms with van der Waals surface area (Å²) in [5.74, 6) is 1.11. The highest BCUT2D eigenvalue weighted by atomic mass is 79.9. The van der Waals surface area contributed by atoms with Crippen LogP contribution in [0, 0.1) is 0 Å². The van der Waals surface area contributed by atoms with E-state index in [1.54, 1.807) is 11.3 Å². The van der Waals surface area contributed by atoms with Crippen molar-refractivity contribution in [1.29, 1.82) is 0 Å².